The van der Waals surface area contributed by atoms with E-state index in [4.69, 9.17) is 0 Å². The van der Waals surface area contributed by atoms with Crippen molar-refractivity contribution in [2.24, 2.45) is 0 Å². The predicted molar refractivity (Wildman–Crippen MR) is 233 cm³/mol. The molecule has 0 radical (unpaired) electrons. The summed E-state index contributed by atoms with van der Waals surface area (Å²) in [7, 11) is 0. The Hall–Kier alpha value is -7.02. The van der Waals surface area contributed by atoms with E-state index in [1.165, 1.54) is 109 Å². The Kier molecular flexibility index (Phi) is 6.36. The first-order valence-electron chi connectivity index (χ1n) is 19.3. The van der Waals surface area contributed by atoms with Crippen LogP contribution in [0.4, 0.5) is 0 Å². The van der Waals surface area contributed by atoms with Crippen LogP contribution in [0.2, 0.25) is 0 Å². The van der Waals surface area contributed by atoms with Crippen LogP contribution in [0.25, 0.3) is 87.2 Å². The van der Waals surface area contributed by atoms with Gasteiger partial charge in [-0.15, -0.1) is 0 Å². The first kappa shape index (κ1) is 30.4. The summed E-state index contributed by atoms with van der Waals surface area (Å²) < 4.78 is 0. The summed E-state index contributed by atoms with van der Waals surface area (Å²) in [6.07, 6.45) is 0. The van der Waals surface area contributed by atoms with E-state index in [2.05, 4.69) is 206 Å². The second kappa shape index (κ2) is 11.5. The van der Waals surface area contributed by atoms with Gasteiger partial charge in [-0.3, -0.25) is 0 Å². The van der Waals surface area contributed by atoms with Gasteiger partial charge in [-0.05, 0) is 128 Å². The maximum atomic E-state index is 2.49. The standard InChI is InChI=1S/C55H34/c1-3-15-41(16-4-1)55(42-17-5-2-6-18-42)51-21-10-9-19-46(51)50-34-49-39(33-52(50)55)14-11-20-44(49)45-29-25-37-26-30-47-43(28-24-36-27-31-48(45)54(37)53(36)47)40-23-22-35-12-7-8-13-38(35)32-40/h1-34H. The molecule has 0 atom stereocenters. The van der Waals surface area contributed by atoms with Gasteiger partial charge in [0.05, 0.1) is 5.41 Å². The highest BCUT2D eigenvalue weighted by atomic mass is 14.5. The third kappa shape index (κ3) is 4.23. The normalized spacial score (nSPS) is 13.2. The molecule has 0 aromatic heterocycles. The predicted octanol–water partition coefficient (Wildman–Crippen LogP) is 14.6. The Labute approximate surface area is 319 Å². The number of hydrogen-bond acceptors (Lipinski definition) is 0. The van der Waals surface area contributed by atoms with Crippen molar-refractivity contribution >= 4 is 53.9 Å². The van der Waals surface area contributed by atoms with Gasteiger partial charge in [0.25, 0.3) is 0 Å². The molecule has 0 heterocycles. The molecule has 1 aliphatic rings. The van der Waals surface area contributed by atoms with E-state index in [1.807, 2.05) is 0 Å². The van der Waals surface area contributed by atoms with E-state index >= 15 is 0 Å². The number of hydrogen-bond donors (Lipinski definition) is 0. The smallest absolute Gasteiger partial charge is 0.0622 e. The topological polar surface area (TPSA) is 0 Å². The van der Waals surface area contributed by atoms with Gasteiger partial charge in [0, 0.05) is 0 Å². The largest absolute Gasteiger partial charge is 0.0713 e. The Balaban J connectivity index is 1.11. The van der Waals surface area contributed by atoms with E-state index < -0.39 is 5.41 Å². The van der Waals surface area contributed by atoms with E-state index in [9.17, 15) is 0 Å². The van der Waals surface area contributed by atoms with Crippen molar-refractivity contribution in [3.8, 4) is 33.4 Å². The SMILES string of the molecule is c1ccc(C2(c3ccccc3)c3ccccc3-c3cc4c(-c5ccc6ccc7c(-c8ccc9ccccc9c8)ccc8ccc5c6c87)cccc4cc32)cc1. The van der Waals surface area contributed by atoms with Crippen LogP contribution in [0.5, 0.6) is 0 Å². The number of fused-ring (bicyclic) bond motifs is 5. The van der Waals surface area contributed by atoms with E-state index in [0.717, 1.165) is 0 Å². The minimum Gasteiger partial charge on any atom is -0.0622 e. The van der Waals surface area contributed by atoms with Crippen LogP contribution in [0.15, 0.2) is 206 Å². The summed E-state index contributed by atoms with van der Waals surface area (Å²) in [4.78, 5) is 0. The highest BCUT2D eigenvalue weighted by molar-refractivity contribution is 6.28. The van der Waals surface area contributed by atoms with Gasteiger partial charge in [-0.25, -0.2) is 0 Å². The molecule has 254 valence electrons. The molecule has 0 heteroatoms. The van der Waals surface area contributed by atoms with Crippen molar-refractivity contribution in [3.63, 3.8) is 0 Å². The molecular formula is C55H34. The fraction of sp³-hybridized carbons (Fsp3) is 0.0182. The molecular weight excluding hydrogens is 661 g/mol. The lowest BCUT2D eigenvalue weighted by atomic mass is 9.67. The van der Waals surface area contributed by atoms with Gasteiger partial charge >= 0.3 is 0 Å². The Morgan fingerprint density at radius 2 is 0.800 bits per heavy atom. The van der Waals surface area contributed by atoms with Crippen molar-refractivity contribution in [1.29, 1.82) is 0 Å². The molecule has 0 N–H and O–H groups in total. The summed E-state index contributed by atoms with van der Waals surface area (Å²) in [5, 5.41) is 12.9. The molecule has 0 unspecified atom stereocenters. The monoisotopic (exact) mass is 694 g/mol. The molecule has 0 saturated heterocycles. The van der Waals surface area contributed by atoms with E-state index in [0.29, 0.717) is 0 Å². The first-order valence-corrected chi connectivity index (χ1v) is 19.3. The lowest BCUT2D eigenvalue weighted by Gasteiger charge is -2.34. The third-order valence-electron chi connectivity index (χ3n) is 12.5. The number of benzene rings is 11. The van der Waals surface area contributed by atoms with Gasteiger partial charge in [0.1, 0.15) is 0 Å². The van der Waals surface area contributed by atoms with Crippen LogP contribution in [0.3, 0.4) is 0 Å². The van der Waals surface area contributed by atoms with Gasteiger partial charge < -0.3 is 0 Å². The zero-order valence-electron chi connectivity index (χ0n) is 30.1. The van der Waals surface area contributed by atoms with Crippen LogP contribution in [-0.4, -0.2) is 0 Å². The van der Waals surface area contributed by atoms with Crippen LogP contribution < -0.4 is 0 Å². The zero-order chi connectivity index (χ0) is 36.1. The van der Waals surface area contributed by atoms with Crippen LogP contribution in [-0.2, 0) is 5.41 Å². The second-order valence-corrected chi connectivity index (χ2v) is 15.2. The molecule has 0 saturated carbocycles. The highest BCUT2D eigenvalue weighted by Gasteiger charge is 2.46. The molecule has 1 aliphatic carbocycles. The molecule has 11 aromatic carbocycles. The van der Waals surface area contributed by atoms with Crippen molar-refractivity contribution in [1.82, 2.24) is 0 Å². The summed E-state index contributed by atoms with van der Waals surface area (Å²) in [6, 6.07) is 77.2. The molecule has 11 aromatic rings. The second-order valence-electron chi connectivity index (χ2n) is 15.2. The van der Waals surface area contributed by atoms with Crippen molar-refractivity contribution in [2.75, 3.05) is 0 Å². The van der Waals surface area contributed by atoms with E-state index in [-0.39, 0.29) is 0 Å². The van der Waals surface area contributed by atoms with Crippen LogP contribution in [0, 0.1) is 0 Å². The average molecular weight is 695 g/mol. The van der Waals surface area contributed by atoms with Gasteiger partial charge in [-0.2, -0.15) is 0 Å². The first-order chi connectivity index (χ1) is 27.3. The number of rotatable bonds is 4. The lowest BCUT2D eigenvalue weighted by molar-refractivity contribution is 0.769. The summed E-state index contributed by atoms with van der Waals surface area (Å²) in [5.74, 6) is 0. The Bertz CT molecular complexity index is 3260. The lowest BCUT2D eigenvalue weighted by Crippen LogP contribution is -2.28. The highest BCUT2D eigenvalue weighted by Crippen LogP contribution is 2.57. The quantitative estimate of drug-likeness (QED) is 0.161. The van der Waals surface area contributed by atoms with Crippen LogP contribution >= 0.6 is 0 Å². The van der Waals surface area contributed by atoms with Gasteiger partial charge in [0.15, 0.2) is 0 Å². The van der Waals surface area contributed by atoms with Crippen molar-refractivity contribution < 1.29 is 0 Å². The molecule has 0 aliphatic heterocycles. The zero-order valence-corrected chi connectivity index (χ0v) is 30.1. The molecule has 12 rings (SSSR count). The molecule has 55 heavy (non-hydrogen) atoms. The van der Waals surface area contributed by atoms with Crippen LogP contribution in [0.1, 0.15) is 22.3 Å². The average Bonchev–Trinajstić information content (AvgIpc) is 3.55. The summed E-state index contributed by atoms with van der Waals surface area (Å²) in [5.41, 5.74) is 12.5. The van der Waals surface area contributed by atoms with Gasteiger partial charge in [0.2, 0.25) is 0 Å². The van der Waals surface area contributed by atoms with Gasteiger partial charge in [-0.1, -0.05) is 188 Å². The van der Waals surface area contributed by atoms with Crippen molar-refractivity contribution in [2.45, 2.75) is 5.41 Å². The minimum absolute atomic E-state index is 0.422. The summed E-state index contributed by atoms with van der Waals surface area (Å²) in [6.45, 7) is 0. The molecule has 0 nitrogen and oxygen atoms in total. The van der Waals surface area contributed by atoms with E-state index in [1.54, 1.807) is 0 Å². The Morgan fingerprint density at radius 1 is 0.255 bits per heavy atom. The maximum Gasteiger partial charge on any atom is 0.0713 e. The summed E-state index contributed by atoms with van der Waals surface area (Å²) >= 11 is 0. The fourth-order valence-corrected chi connectivity index (χ4v) is 10.1. The van der Waals surface area contributed by atoms with Crippen molar-refractivity contribution in [3.05, 3.63) is 229 Å². The minimum atomic E-state index is -0.422. The molecule has 0 fully saturated rings. The molecule has 0 spiro atoms. The Morgan fingerprint density at radius 3 is 1.55 bits per heavy atom. The third-order valence-corrected chi connectivity index (χ3v) is 12.5. The fourth-order valence-electron chi connectivity index (χ4n) is 10.1. The molecule has 0 amide bonds. The maximum absolute atomic E-state index is 2.49. The molecule has 0 bridgehead atoms.